The number of aliphatic hydroxyl groups excluding tert-OH is 1. The largest absolute Gasteiger partial charge is 0.388 e. The smallest absolute Gasteiger partial charge is 0.150 e. The van der Waals surface area contributed by atoms with E-state index < -0.39 is 15.9 Å². The summed E-state index contributed by atoms with van der Waals surface area (Å²) in [4.78, 5) is 0. The van der Waals surface area contributed by atoms with Crippen molar-refractivity contribution in [2.24, 2.45) is 0 Å². The summed E-state index contributed by atoms with van der Waals surface area (Å²) >= 11 is 0. The second kappa shape index (κ2) is 6.21. The minimum atomic E-state index is -2.87. The third-order valence-electron chi connectivity index (χ3n) is 2.86. The van der Waals surface area contributed by atoms with Crippen LogP contribution in [-0.2, 0) is 16.4 Å². The van der Waals surface area contributed by atoms with Crippen LogP contribution in [-0.4, -0.2) is 29.6 Å². The van der Waals surface area contributed by atoms with Gasteiger partial charge in [-0.2, -0.15) is 0 Å². The van der Waals surface area contributed by atoms with Gasteiger partial charge in [0.05, 0.1) is 11.9 Å². The zero-order chi connectivity index (χ0) is 12.9. The lowest BCUT2D eigenvalue weighted by atomic mass is 10.1. The summed E-state index contributed by atoms with van der Waals surface area (Å²) in [6.45, 7) is 4.27. The lowest BCUT2D eigenvalue weighted by molar-refractivity contribution is 0.173. The average molecular weight is 259 g/mol. The predicted octanol–water partition coefficient (Wildman–Crippen LogP) is 1.76. The molecule has 0 aliphatic rings. The first-order valence-corrected chi connectivity index (χ1v) is 7.84. The number of rotatable bonds is 7. The van der Waals surface area contributed by atoms with E-state index in [1.54, 1.807) is 6.92 Å². The summed E-state index contributed by atoms with van der Waals surface area (Å²) in [6, 6.07) is 1.88. The molecule has 1 unspecified atom stereocenters. The van der Waals surface area contributed by atoms with Crippen molar-refractivity contribution >= 4 is 9.84 Å². The topological polar surface area (TPSA) is 59.3 Å². The third kappa shape index (κ3) is 4.52. The highest BCUT2D eigenvalue weighted by Gasteiger charge is 2.08. The number of aliphatic hydroxyl groups is 1. The Bertz CT molecular complexity index is 436. The summed E-state index contributed by atoms with van der Waals surface area (Å²) in [5.41, 5.74) is 0.894. The molecule has 0 aromatic carbocycles. The first-order chi connectivity index (χ1) is 7.98. The highest BCUT2D eigenvalue weighted by Crippen LogP contribution is 2.16. The molecule has 4 nitrogen and oxygen atoms in total. The molecule has 0 aliphatic heterocycles. The molecule has 0 amide bonds. The van der Waals surface area contributed by atoms with Gasteiger partial charge in [0.25, 0.3) is 0 Å². The fraction of sp³-hybridized carbons (Fsp3) is 0.667. The van der Waals surface area contributed by atoms with Gasteiger partial charge in [-0.25, -0.2) is 8.42 Å². The van der Waals surface area contributed by atoms with Gasteiger partial charge < -0.3 is 9.67 Å². The fourth-order valence-corrected chi connectivity index (χ4v) is 2.50. The summed E-state index contributed by atoms with van der Waals surface area (Å²) in [7, 11) is -2.87. The molecule has 0 saturated heterocycles. The van der Waals surface area contributed by atoms with Gasteiger partial charge in [0.15, 0.2) is 0 Å². The molecule has 1 rings (SSSR count). The molecular weight excluding hydrogens is 238 g/mol. The molecule has 98 valence electrons. The quantitative estimate of drug-likeness (QED) is 0.811. The van der Waals surface area contributed by atoms with Crippen molar-refractivity contribution in [2.75, 3.05) is 11.5 Å². The zero-order valence-corrected chi connectivity index (χ0v) is 11.3. The highest BCUT2D eigenvalue weighted by molar-refractivity contribution is 7.91. The van der Waals surface area contributed by atoms with Crippen molar-refractivity contribution in [1.82, 2.24) is 4.57 Å². The molecule has 17 heavy (non-hydrogen) atoms. The van der Waals surface area contributed by atoms with Crippen molar-refractivity contribution in [2.45, 2.75) is 39.3 Å². The molecule has 5 heteroatoms. The van der Waals surface area contributed by atoms with Gasteiger partial charge in [-0.15, -0.1) is 0 Å². The fourth-order valence-electron chi connectivity index (χ4n) is 1.64. The Morgan fingerprint density at radius 1 is 1.41 bits per heavy atom. The molecule has 1 aromatic heterocycles. The van der Waals surface area contributed by atoms with Crippen LogP contribution < -0.4 is 0 Å². The number of aromatic nitrogens is 1. The molecule has 1 N–H and O–H groups in total. The van der Waals surface area contributed by atoms with Crippen LogP contribution in [0.25, 0.3) is 0 Å². The first-order valence-electron chi connectivity index (χ1n) is 6.02. The lowest BCUT2D eigenvalue weighted by Crippen LogP contribution is -2.10. The van der Waals surface area contributed by atoms with E-state index in [-0.39, 0.29) is 11.5 Å². The molecule has 1 atom stereocenters. The molecule has 0 radical (unpaired) electrons. The van der Waals surface area contributed by atoms with Crippen LogP contribution in [0.15, 0.2) is 18.5 Å². The minimum Gasteiger partial charge on any atom is -0.388 e. The van der Waals surface area contributed by atoms with Gasteiger partial charge >= 0.3 is 0 Å². The van der Waals surface area contributed by atoms with Crippen molar-refractivity contribution in [3.63, 3.8) is 0 Å². The van der Waals surface area contributed by atoms with Gasteiger partial charge in [0.1, 0.15) is 9.84 Å². The van der Waals surface area contributed by atoms with E-state index in [2.05, 4.69) is 0 Å². The third-order valence-corrected chi connectivity index (χ3v) is 4.65. The van der Waals surface area contributed by atoms with E-state index in [9.17, 15) is 13.5 Å². The van der Waals surface area contributed by atoms with Crippen molar-refractivity contribution < 1.29 is 13.5 Å². The number of aryl methyl sites for hydroxylation is 1. The SMILES string of the molecule is CCC(O)c1ccn(CCCS(=O)(=O)CC)c1. The van der Waals surface area contributed by atoms with E-state index in [0.717, 1.165) is 5.56 Å². The second-order valence-electron chi connectivity index (χ2n) is 4.20. The van der Waals surface area contributed by atoms with E-state index in [1.165, 1.54) is 0 Å². The van der Waals surface area contributed by atoms with Gasteiger partial charge in [-0.1, -0.05) is 13.8 Å². The Labute approximate surface area is 103 Å². The lowest BCUT2D eigenvalue weighted by Gasteiger charge is -2.05. The normalized spacial score (nSPS) is 13.8. The molecule has 1 aromatic rings. The van der Waals surface area contributed by atoms with Crippen LogP contribution in [0, 0.1) is 0 Å². The Morgan fingerprint density at radius 3 is 2.71 bits per heavy atom. The van der Waals surface area contributed by atoms with E-state index in [4.69, 9.17) is 0 Å². The Hall–Kier alpha value is -0.810. The van der Waals surface area contributed by atoms with Crippen LogP contribution in [0.1, 0.15) is 38.4 Å². The Morgan fingerprint density at radius 2 is 2.12 bits per heavy atom. The van der Waals surface area contributed by atoms with Gasteiger partial charge in [0, 0.05) is 24.7 Å². The molecule has 1 heterocycles. The van der Waals surface area contributed by atoms with Gasteiger partial charge in [-0.05, 0) is 24.5 Å². The minimum absolute atomic E-state index is 0.207. The first kappa shape index (κ1) is 14.3. The van der Waals surface area contributed by atoms with Gasteiger partial charge in [0.2, 0.25) is 0 Å². The average Bonchev–Trinajstić information content (AvgIpc) is 2.76. The second-order valence-corrected chi connectivity index (χ2v) is 6.67. The summed E-state index contributed by atoms with van der Waals surface area (Å²) in [5, 5.41) is 9.63. The van der Waals surface area contributed by atoms with Gasteiger partial charge in [-0.3, -0.25) is 0 Å². The number of nitrogens with zero attached hydrogens (tertiary/aromatic N) is 1. The van der Waals surface area contributed by atoms with Crippen LogP contribution in [0.5, 0.6) is 0 Å². The predicted molar refractivity (Wildman–Crippen MR) is 68.6 cm³/mol. The summed E-state index contributed by atoms with van der Waals surface area (Å²) in [6.07, 6.45) is 4.65. The van der Waals surface area contributed by atoms with Crippen molar-refractivity contribution in [3.8, 4) is 0 Å². The molecular formula is C12H21NO3S. The van der Waals surface area contributed by atoms with E-state index >= 15 is 0 Å². The standard InChI is InChI=1S/C12H21NO3S/c1-3-12(14)11-6-8-13(10-11)7-5-9-17(15,16)4-2/h6,8,10,12,14H,3-5,7,9H2,1-2H3. The van der Waals surface area contributed by atoms with Crippen molar-refractivity contribution in [3.05, 3.63) is 24.0 Å². The number of sulfone groups is 1. The highest BCUT2D eigenvalue weighted by atomic mass is 32.2. The monoisotopic (exact) mass is 259 g/mol. The molecule has 0 aliphatic carbocycles. The van der Waals surface area contributed by atoms with Crippen LogP contribution in [0.4, 0.5) is 0 Å². The molecule has 0 saturated carbocycles. The Kier molecular flexibility index (Phi) is 5.21. The number of hydrogen-bond acceptors (Lipinski definition) is 3. The van der Waals surface area contributed by atoms with Crippen LogP contribution >= 0.6 is 0 Å². The molecule has 0 fully saturated rings. The maximum absolute atomic E-state index is 11.3. The summed E-state index contributed by atoms with van der Waals surface area (Å²) in [5.74, 6) is 0.436. The number of hydrogen-bond donors (Lipinski definition) is 1. The van der Waals surface area contributed by atoms with E-state index in [0.29, 0.717) is 19.4 Å². The van der Waals surface area contributed by atoms with Crippen LogP contribution in [0.3, 0.4) is 0 Å². The van der Waals surface area contributed by atoms with Crippen LogP contribution in [0.2, 0.25) is 0 Å². The summed E-state index contributed by atoms with van der Waals surface area (Å²) < 4.78 is 24.5. The van der Waals surface area contributed by atoms with Crippen molar-refractivity contribution in [1.29, 1.82) is 0 Å². The zero-order valence-electron chi connectivity index (χ0n) is 10.5. The maximum Gasteiger partial charge on any atom is 0.150 e. The maximum atomic E-state index is 11.3. The molecule has 0 spiro atoms. The van der Waals surface area contributed by atoms with E-state index in [1.807, 2.05) is 30.0 Å². The molecule has 0 bridgehead atoms. The Balaban J connectivity index is 2.45.